The minimum absolute atomic E-state index is 0.0166. The Morgan fingerprint density at radius 3 is 2.41 bits per heavy atom. The van der Waals surface area contributed by atoms with E-state index in [2.05, 4.69) is 5.32 Å². The first kappa shape index (κ1) is 35.4. The molecule has 2 aromatic rings. The minimum atomic E-state index is -4.19. The summed E-state index contributed by atoms with van der Waals surface area (Å²) in [5.41, 5.74) is 6.33. The topological polar surface area (TPSA) is 178 Å². The first-order valence-electron chi connectivity index (χ1n) is 15.4. The number of carbonyl (C=O) groups is 2. The van der Waals surface area contributed by atoms with Crippen molar-refractivity contribution in [1.82, 2.24) is 19.4 Å². The van der Waals surface area contributed by atoms with Crippen molar-refractivity contribution in [2.45, 2.75) is 62.5 Å². The molecule has 14 heteroatoms. The third kappa shape index (κ3) is 8.68. The Balaban J connectivity index is 1.67. The number of rotatable bonds is 14. The lowest BCUT2D eigenvalue weighted by atomic mass is 9.89. The second-order valence-corrected chi connectivity index (χ2v) is 14.9. The van der Waals surface area contributed by atoms with Crippen molar-refractivity contribution in [1.29, 1.82) is 0 Å². The van der Waals surface area contributed by atoms with Gasteiger partial charge in [0.1, 0.15) is 6.09 Å². The number of carbonyl (C=O) groups excluding carboxylic acids is 2. The Hall–Kier alpha value is -3.43. The molecule has 2 saturated heterocycles. The maximum absolute atomic E-state index is 14.1. The van der Waals surface area contributed by atoms with Crippen LogP contribution >= 0.6 is 0 Å². The van der Waals surface area contributed by atoms with Crippen LogP contribution in [0.15, 0.2) is 59.5 Å². The van der Waals surface area contributed by atoms with Gasteiger partial charge in [-0.3, -0.25) is 0 Å². The van der Waals surface area contributed by atoms with Gasteiger partial charge in [-0.2, -0.15) is 4.31 Å². The van der Waals surface area contributed by atoms with Gasteiger partial charge in [-0.15, -0.1) is 0 Å². The molecule has 2 aromatic carbocycles. The number of aliphatic hydroxyl groups is 1. The second kappa shape index (κ2) is 15.0. The Morgan fingerprint density at radius 1 is 1.11 bits per heavy atom. The average molecular weight is 661 g/mol. The number of ether oxygens (including phenoxy) is 2. The molecule has 13 nitrogen and oxygen atoms in total. The van der Waals surface area contributed by atoms with Crippen molar-refractivity contribution in [3.05, 3.63) is 60.2 Å². The van der Waals surface area contributed by atoms with Crippen LogP contribution in [-0.2, 0) is 25.9 Å². The van der Waals surface area contributed by atoms with Crippen LogP contribution in [0.4, 0.5) is 15.3 Å². The van der Waals surface area contributed by atoms with Crippen LogP contribution in [0.5, 0.6) is 0 Å². The van der Waals surface area contributed by atoms with Crippen LogP contribution in [0.3, 0.4) is 0 Å². The molecule has 0 unspecified atom stereocenters. The summed E-state index contributed by atoms with van der Waals surface area (Å²) in [7, 11) is -0.936. The molecule has 0 aromatic heterocycles. The smallest absolute Gasteiger partial charge is 0.316 e. The van der Waals surface area contributed by atoms with Gasteiger partial charge in [0.25, 0.3) is 0 Å². The molecule has 3 amide bonds. The molecule has 0 radical (unpaired) electrons. The van der Waals surface area contributed by atoms with Crippen LogP contribution in [0.1, 0.15) is 32.3 Å². The van der Waals surface area contributed by atoms with Crippen LogP contribution in [-0.4, -0.2) is 111 Å². The lowest BCUT2D eigenvalue weighted by molar-refractivity contribution is -0.273. The Labute approximate surface area is 271 Å². The zero-order valence-corrected chi connectivity index (χ0v) is 27.7. The van der Waals surface area contributed by atoms with E-state index in [1.165, 1.54) is 33.5 Å². The fraction of sp³-hybridized carbons (Fsp3) is 0.562. The molecule has 2 heterocycles. The van der Waals surface area contributed by atoms with Crippen molar-refractivity contribution in [3.63, 3.8) is 0 Å². The van der Waals surface area contributed by atoms with Crippen LogP contribution in [0, 0.1) is 11.3 Å². The predicted octanol–water partition coefficient (Wildman–Crippen LogP) is 1.33. The number of urea groups is 1. The molecule has 2 fully saturated rings. The van der Waals surface area contributed by atoms with Gasteiger partial charge in [0.2, 0.25) is 10.0 Å². The molecule has 0 aliphatic carbocycles. The van der Waals surface area contributed by atoms with Crippen molar-refractivity contribution in [3.8, 4) is 0 Å². The molecule has 254 valence electrons. The molecule has 46 heavy (non-hydrogen) atoms. The maximum Gasteiger partial charge on any atom is 0.316 e. The standard InChI is InChI=1S/C32H47N5O8S/c1-32(2,15-16-34-30(39)35(3)4)21-36(46(42,43)24-12-10-23(33)11-13-24)19-28(38)26(18-22-8-6-5-7-9-22)37(31(40)41)27-20-45-29-25(27)14-17-44-29/h5-13,25-29,38H,14-21,33H2,1-4H3,(H,34,39)(H,40,41)/p-1/t25-,26-,27-,28+,29+/m0/s1. The highest BCUT2D eigenvalue weighted by molar-refractivity contribution is 7.89. The van der Waals surface area contributed by atoms with Gasteiger partial charge in [-0.1, -0.05) is 44.2 Å². The van der Waals surface area contributed by atoms with Crippen LogP contribution in [0.25, 0.3) is 0 Å². The number of nitrogens with two attached hydrogens (primary N) is 1. The van der Waals surface area contributed by atoms with Gasteiger partial charge in [-0.25, -0.2) is 13.2 Å². The second-order valence-electron chi connectivity index (χ2n) is 13.0. The summed E-state index contributed by atoms with van der Waals surface area (Å²) in [5.74, 6) is -0.241. The summed E-state index contributed by atoms with van der Waals surface area (Å²) in [5, 5.41) is 27.6. The van der Waals surface area contributed by atoms with Gasteiger partial charge >= 0.3 is 6.03 Å². The highest BCUT2D eigenvalue weighted by atomic mass is 32.2. The van der Waals surface area contributed by atoms with Crippen LogP contribution in [0.2, 0.25) is 0 Å². The number of nitrogens with zero attached hydrogens (tertiary/aromatic N) is 3. The number of aliphatic hydroxyl groups excluding tert-OH is 1. The normalized spacial score (nSPS) is 21.0. The molecule has 0 bridgehead atoms. The zero-order chi connectivity index (χ0) is 33.6. The van der Waals surface area contributed by atoms with E-state index in [1.807, 2.05) is 44.2 Å². The lowest BCUT2D eigenvalue weighted by Gasteiger charge is -2.43. The monoisotopic (exact) mass is 660 g/mol. The highest BCUT2D eigenvalue weighted by Gasteiger charge is 2.47. The van der Waals surface area contributed by atoms with Gasteiger partial charge < -0.3 is 45.3 Å². The van der Waals surface area contributed by atoms with E-state index in [-0.39, 0.29) is 36.4 Å². The van der Waals surface area contributed by atoms with Gasteiger partial charge in [0.15, 0.2) is 6.29 Å². The van der Waals surface area contributed by atoms with E-state index in [4.69, 9.17) is 15.2 Å². The lowest BCUT2D eigenvalue weighted by Crippen LogP contribution is -2.61. The molecule has 5 atom stereocenters. The predicted molar refractivity (Wildman–Crippen MR) is 170 cm³/mol. The number of hydrogen-bond acceptors (Lipinski definition) is 9. The van der Waals surface area contributed by atoms with E-state index in [0.29, 0.717) is 31.7 Å². The third-order valence-electron chi connectivity index (χ3n) is 8.66. The highest BCUT2D eigenvalue weighted by Crippen LogP contribution is 2.36. The zero-order valence-electron chi connectivity index (χ0n) is 26.9. The Bertz CT molecular complexity index is 1420. The maximum atomic E-state index is 14.1. The number of nitrogen functional groups attached to an aromatic ring is 1. The largest absolute Gasteiger partial charge is 0.530 e. The summed E-state index contributed by atoms with van der Waals surface area (Å²) >= 11 is 0. The number of anilines is 1. The summed E-state index contributed by atoms with van der Waals surface area (Å²) in [6.07, 6.45) is -2.35. The molecule has 2 aliphatic heterocycles. The van der Waals surface area contributed by atoms with E-state index < -0.39 is 52.6 Å². The number of amides is 3. The minimum Gasteiger partial charge on any atom is -0.530 e. The average Bonchev–Trinajstić information content (AvgIpc) is 3.62. The first-order valence-corrected chi connectivity index (χ1v) is 16.9. The molecular formula is C32H46N5O8S-. The van der Waals surface area contributed by atoms with Crippen molar-refractivity contribution >= 4 is 27.8 Å². The summed E-state index contributed by atoms with van der Waals surface area (Å²) in [6, 6.07) is 12.9. The van der Waals surface area contributed by atoms with E-state index in [9.17, 15) is 28.2 Å². The number of hydrogen-bond donors (Lipinski definition) is 3. The van der Waals surface area contributed by atoms with Crippen molar-refractivity contribution < 1.29 is 37.7 Å². The summed E-state index contributed by atoms with van der Waals surface area (Å²) in [4.78, 5) is 27.4. The van der Waals surface area contributed by atoms with Gasteiger partial charge in [-0.05, 0) is 54.5 Å². The van der Waals surface area contributed by atoms with Gasteiger partial charge in [0, 0.05) is 45.3 Å². The molecule has 0 spiro atoms. The fourth-order valence-corrected chi connectivity index (χ4v) is 7.76. The molecule has 4 N–H and O–H groups in total. The molecular weight excluding hydrogens is 614 g/mol. The third-order valence-corrected chi connectivity index (χ3v) is 10.5. The number of carboxylic acid groups (broad SMARTS) is 1. The van der Waals surface area contributed by atoms with Crippen molar-refractivity contribution in [2.24, 2.45) is 11.3 Å². The van der Waals surface area contributed by atoms with E-state index >= 15 is 0 Å². The van der Waals surface area contributed by atoms with Crippen LogP contribution < -0.4 is 16.2 Å². The summed E-state index contributed by atoms with van der Waals surface area (Å²) < 4.78 is 40.8. The quantitative estimate of drug-likeness (QED) is 0.252. The molecule has 4 rings (SSSR count). The number of fused-ring (bicyclic) bond motifs is 1. The fourth-order valence-electron chi connectivity index (χ4n) is 6.11. The van der Waals surface area contributed by atoms with Crippen molar-refractivity contribution in [2.75, 3.05) is 52.7 Å². The van der Waals surface area contributed by atoms with E-state index in [0.717, 1.165) is 10.5 Å². The Morgan fingerprint density at radius 2 is 1.78 bits per heavy atom. The number of nitrogens with one attached hydrogen (secondary N) is 1. The van der Waals surface area contributed by atoms with Gasteiger partial charge in [0.05, 0.1) is 36.3 Å². The number of benzene rings is 2. The molecule has 0 saturated carbocycles. The summed E-state index contributed by atoms with van der Waals surface area (Å²) in [6.45, 7) is 4.11. The molecule has 2 aliphatic rings. The Kier molecular flexibility index (Phi) is 11.5. The van der Waals surface area contributed by atoms with E-state index in [1.54, 1.807) is 14.1 Å². The SMILES string of the molecule is CN(C)C(=O)NCCC(C)(C)CN(C[C@@H](O)[C@H](Cc1ccccc1)N(C(=O)[O-])[C@H]1CO[C@H]2OCC[C@H]21)S(=O)(=O)c1ccc(N)cc1. The number of sulfonamides is 1. The first-order chi connectivity index (χ1) is 21.7.